The summed E-state index contributed by atoms with van der Waals surface area (Å²) in [4.78, 5) is 35.8. The maximum atomic E-state index is 13.9. The van der Waals surface area contributed by atoms with E-state index in [-0.39, 0.29) is 35.0 Å². The predicted molar refractivity (Wildman–Crippen MR) is 166 cm³/mol. The van der Waals surface area contributed by atoms with Crippen LogP contribution in [0, 0.1) is 5.82 Å². The van der Waals surface area contributed by atoms with Crippen LogP contribution < -0.4 is 21.0 Å². The number of nitrogens with zero attached hydrogens (tertiary/aromatic N) is 6. The number of hydrogen-bond acceptors (Lipinski definition) is 6. The van der Waals surface area contributed by atoms with Gasteiger partial charge in [-0.25, -0.2) is 9.18 Å². The molecule has 224 valence electrons. The number of piperidine rings is 1. The molecule has 1 aliphatic rings. The fourth-order valence-corrected chi connectivity index (χ4v) is 5.86. The highest BCUT2D eigenvalue weighted by molar-refractivity contribution is 5.78. The monoisotopic (exact) mass is 576 g/mol. The van der Waals surface area contributed by atoms with Gasteiger partial charge in [0.1, 0.15) is 5.82 Å². The van der Waals surface area contributed by atoms with Gasteiger partial charge in [-0.15, -0.1) is 0 Å². The number of rotatable bonds is 8. The number of hydrogen-bond donors (Lipinski definition) is 1. The molecule has 10 heteroatoms. The molecule has 4 aromatic rings. The summed E-state index contributed by atoms with van der Waals surface area (Å²) in [6.45, 7) is 9.05. The summed E-state index contributed by atoms with van der Waals surface area (Å²) in [5.41, 5.74) is 2.83. The first-order valence-corrected chi connectivity index (χ1v) is 14.7. The zero-order chi connectivity index (χ0) is 30.2. The van der Waals surface area contributed by atoms with Gasteiger partial charge in [0.05, 0.1) is 0 Å². The lowest BCUT2D eigenvalue weighted by Crippen LogP contribution is -2.46. The number of halogens is 1. The van der Waals surface area contributed by atoms with E-state index in [0.717, 1.165) is 36.9 Å². The van der Waals surface area contributed by atoms with E-state index in [0.29, 0.717) is 24.6 Å². The van der Waals surface area contributed by atoms with Crippen molar-refractivity contribution in [2.75, 3.05) is 36.0 Å². The number of unbranched alkanes of at least 4 members (excludes halogenated alkanes) is 1. The highest BCUT2D eigenvalue weighted by Gasteiger charge is 2.31. The first-order valence-electron chi connectivity index (χ1n) is 14.7. The molecular weight excluding hydrogens is 535 g/mol. The average molecular weight is 577 g/mol. The summed E-state index contributed by atoms with van der Waals surface area (Å²) >= 11 is 0. The van der Waals surface area contributed by atoms with Crippen molar-refractivity contribution in [1.29, 1.82) is 0 Å². The zero-order valence-corrected chi connectivity index (χ0v) is 25.2. The van der Waals surface area contributed by atoms with Crippen molar-refractivity contribution in [1.82, 2.24) is 18.7 Å². The van der Waals surface area contributed by atoms with E-state index in [1.54, 1.807) is 23.7 Å². The molecule has 1 saturated heterocycles. The van der Waals surface area contributed by atoms with Gasteiger partial charge in [-0.1, -0.05) is 32.9 Å². The number of benzene rings is 2. The highest BCUT2D eigenvalue weighted by atomic mass is 19.1. The Morgan fingerprint density at radius 2 is 1.55 bits per heavy atom. The van der Waals surface area contributed by atoms with Gasteiger partial charge in [0.25, 0.3) is 5.56 Å². The molecule has 9 nitrogen and oxygen atoms in total. The van der Waals surface area contributed by atoms with Crippen LogP contribution in [0.15, 0.2) is 58.1 Å². The largest absolute Gasteiger partial charge is 0.396 e. The number of aryl methyl sites for hydroxylation is 1. The summed E-state index contributed by atoms with van der Waals surface area (Å²) in [5.74, 6) is 0.161. The van der Waals surface area contributed by atoms with E-state index in [2.05, 4.69) is 54.8 Å². The number of imidazole rings is 1. The third-order valence-corrected chi connectivity index (χ3v) is 8.39. The van der Waals surface area contributed by atoms with Gasteiger partial charge in [0.15, 0.2) is 11.2 Å². The zero-order valence-electron chi connectivity index (χ0n) is 25.2. The van der Waals surface area contributed by atoms with Crippen LogP contribution in [0.3, 0.4) is 0 Å². The molecule has 2 aromatic carbocycles. The Bertz CT molecular complexity index is 1660. The van der Waals surface area contributed by atoms with Gasteiger partial charge in [-0.2, -0.15) is 4.98 Å². The molecule has 42 heavy (non-hydrogen) atoms. The summed E-state index contributed by atoms with van der Waals surface area (Å²) in [6, 6.07) is 14.9. The van der Waals surface area contributed by atoms with Gasteiger partial charge in [-0.3, -0.25) is 18.5 Å². The lowest BCUT2D eigenvalue weighted by Gasteiger charge is -2.40. The van der Waals surface area contributed by atoms with Gasteiger partial charge in [0.2, 0.25) is 5.95 Å². The molecule has 2 aromatic heterocycles. The fraction of sp³-hybridized carbons (Fsp3) is 0.469. The number of aliphatic hydroxyl groups is 1. The average Bonchev–Trinajstić information content (AvgIpc) is 3.38. The molecule has 0 aliphatic carbocycles. The maximum absolute atomic E-state index is 13.9. The quantitative estimate of drug-likeness (QED) is 0.318. The standard InChI is InChI=1S/C32H41FN6O3/c1-32(2,3)22-8-12-24(13-9-22)37-19-16-25(17-20-37)38(18-6-7-21-40)30-34-28-27(29(41)36(5)31(42)35(28)4)39(30)26-14-10-23(33)11-15-26/h8-15,25,40H,6-7,16-21H2,1-5H3. The van der Waals surface area contributed by atoms with Crippen molar-refractivity contribution in [3.05, 3.63) is 80.7 Å². The van der Waals surface area contributed by atoms with Crippen LogP contribution in [0.4, 0.5) is 16.0 Å². The van der Waals surface area contributed by atoms with E-state index < -0.39 is 11.2 Å². The van der Waals surface area contributed by atoms with Crippen LogP contribution in [0.25, 0.3) is 16.9 Å². The summed E-state index contributed by atoms with van der Waals surface area (Å²) in [5, 5.41) is 9.53. The molecule has 3 heterocycles. The second-order valence-electron chi connectivity index (χ2n) is 12.2. The number of aromatic nitrogens is 4. The topological polar surface area (TPSA) is 88.5 Å². The van der Waals surface area contributed by atoms with Crippen molar-refractivity contribution in [3.63, 3.8) is 0 Å². The van der Waals surface area contributed by atoms with Gasteiger partial charge < -0.3 is 14.9 Å². The molecule has 1 N–H and O–H groups in total. The minimum absolute atomic E-state index is 0.0836. The van der Waals surface area contributed by atoms with Crippen LogP contribution in [0.2, 0.25) is 0 Å². The Hall–Kier alpha value is -3.92. The van der Waals surface area contributed by atoms with Gasteiger partial charge >= 0.3 is 5.69 Å². The summed E-state index contributed by atoms with van der Waals surface area (Å²) in [7, 11) is 3.06. The van der Waals surface area contributed by atoms with E-state index in [9.17, 15) is 19.1 Å². The third kappa shape index (κ3) is 5.60. The second kappa shape index (κ2) is 11.8. The molecule has 0 unspecified atom stereocenters. The summed E-state index contributed by atoms with van der Waals surface area (Å²) in [6.07, 6.45) is 3.09. The highest BCUT2D eigenvalue weighted by Crippen LogP contribution is 2.31. The van der Waals surface area contributed by atoms with Crippen molar-refractivity contribution in [2.24, 2.45) is 14.1 Å². The Kier molecular flexibility index (Phi) is 8.28. The van der Waals surface area contributed by atoms with E-state index in [1.165, 1.54) is 35.0 Å². The summed E-state index contributed by atoms with van der Waals surface area (Å²) < 4.78 is 18.2. The Labute approximate surface area is 245 Å². The molecule has 0 radical (unpaired) electrons. The molecule has 0 amide bonds. The van der Waals surface area contributed by atoms with Crippen LogP contribution in [0.1, 0.15) is 52.0 Å². The number of anilines is 2. The third-order valence-electron chi connectivity index (χ3n) is 8.39. The molecule has 0 saturated carbocycles. The van der Waals surface area contributed by atoms with Crippen molar-refractivity contribution < 1.29 is 9.50 Å². The lowest BCUT2D eigenvalue weighted by atomic mass is 9.87. The Morgan fingerprint density at radius 1 is 0.929 bits per heavy atom. The van der Waals surface area contributed by atoms with E-state index in [1.807, 2.05) is 0 Å². The SMILES string of the molecule is Cn1c(=O)c2c(nc(N(CCCCO)C3CCN(c4ccc(C(C)(C)C)cc4)CC3)n2-c2ccc(F)cc2)n(C)c1=O. The van der Waals surface area contributed by atoms with E-state index >= 15 is 0 Å². The molecular formula is C32H41FN6O3. The predicted octanol–water partition coefficient (Wildman–Crippen LogP) is 4.11. The first-order chi connectivity index (χ1) is 20.0. The Morgan fingerprint density at radius 3 is 2.14 bits per heavy atom. The fourth-order valence-electron chi connectivity index (χ4n) is 5.86. The number of aliphatic hydroxyl groups excluding tert-OH is 1. The van der Waals surface area contributed by atoms with Gasteiger partial charge in [-0.05, 0) is 73.1 Å². The molecule has 0 bridgehead atoms. The minimum atomic E-state index is -0.458. The van der Waals surface area contributed by atoms with Crippen LogP contribution in [-0.2, 0) is 19.5 Å². The minimum Gasteiger partial charge on any atom is -0.396 e. The molecule has 1 fully saturated rings. The lowest BCUT2D eigenvalue weighted by molar-refractivity contribution is 0.283. The first kappa shape index (κ1) is 29.6. The van der Waals surface area contributed by atoms with Crippen LogP contribution >= 0.6 is 0 Å². The van der Waals surface area contributed by atoms with Crippen molar-refractivity contribution in [2.45, 2.75) is 57.9 Å². The second-order valence-corrected chi connectivity index (χ2v) is 12.2. The molecule has 0 spiro atoms. The van der Waals surface area contributed by atoms with Crippen LogP contribution in [-0.4, -0.2) is 56.1 Å². The normalized spacial score (nSPS) is 14.6. The van der Waals surface area contributed by atoms with Gasteiger partial charge in [0, 0.05) is 57.8 Å². The van der Waals surface area contributed by atoms with E-state index in [4.69, 9.17) is 4.98 Å². The maximum Gasteiger partial charge on any atom is 0.332 e. The van der Waals surface area contributed by atoms with Crippen molar-refractivity contribution in [3.8, 4) is 5.69 Å². The smallest absolute Gasteiger partial charge is 0.332 e. The number of fused-ring (bicyclic) bond motifs is 1. The molecule has 5 rings (SSSR count). The van der Waals surface area contributed by atoms with Crippen LogP contribution in [0.5, 0.6) is 0 Å². The molecule has 0 atom stereocenters. The van der Waals surface area contributed by atoms with Crippen molar-refractivity contribution >= 4 is 22.8 Å². The Balaban J connectivity index is 1.54. The molecule has 1 aliphatic heterocycles.